The van der Waals surface area contributed by atoms with Crippen molar-refractivity contribution in [2.45, 2.75) is 39.8 Å². The summed E-state index contributed by atoms with van der Waals surface area (Å²) in [6.07, 6.45) is 1.84. The van der Waals surface area contributed by atoms with E-state index >= 15 is 0 Å². The Morgan fingerprint density at radius 3 is 2.47 bits per heavy atom. The number of rotatable bonds is 4. The molecule has 0 unspecified atom stereocenters. The Morgan fingerprint density at radius 2 is 1.74 bits per heavy atom. The van der Waals surface area contributed by atoms with Gasteiger partial charge >= 0.3 is 0 Å². The van der Waals surface area contributed by atoms with Crippen LogP contribution in [0.1, 0.15) is 45.9 Å². The van der Waals surface area contributed by atoms with Crippen LogP contribution in [-0.4, -0.2) is 14.7 Å². The van der Waals surface area contributed by atoms with Gasteiger partial charge in [-0.1, -0.05) is 35.9 Å². The summed E-state index contributed by atoms with van der Waals surface area (Å²) in [4.78, 5) is 6.92. The van der Waals surface area contributed by atoms with Gasteiger partial charge in [0.25, 0.3) is 0 Å². The van der Waals surface area contributed by atoms with Crippen molar-refractivity contribution in [3.8, 4) is 5.69 Å². The summed E-state index contributed by atoms with van der Waals surface area (Å²) in [5.41, 5.74) is 8.92. The van der Waals surface area contributed by atoms with E-state index in [9.17, 15) is 0 Å². The van der Waals surface area contributed by atoms with Crippen LogP contribution in [0.5, 0.6) is 0 Å². The number of hydrogen-bond acceptors (Lipinski definition) is 2. The Kier molecular flexibility index (Phi) is 5.92. The van der Waals surface area contributed by atoms with Gasteiger partial charge in [-0.15, -0.1) is 0 Å². The maximum atomic E-state index is 6.49. The first-order chi connectivity index (χ1) is 16.4. The SMILES string of the molecule is Cc1cccc(N2C(=S)N[C@@H](c3ccccn3)[C@@H]2c2cc(C)n(-c3cccc(Cl)c3C)c2C)c1. The summed E-state index contributed by atoms with van der Waals surface area (Å²) in [5, 5.41) is 5.04. The Labute approximate surface area is 211 Å². The van der Waals surface area contributed by atoms with Crippen molar-refractivity contribution >= 4 is 34.6 Å². The molecule has 4 nitrogen and oxygen atoms in total. The molecule has 1 fully saturated rings. The number of hydrogen-bond donors (Lipinski definition) is 1. The molecule has 1 saturated heterocycles. The molecule has 3 heterocycles. The third-order valence-electron chi connectivity index (χ3n) is 6.65. The topological polar surface area (TPSA) is 33.1 Å². The summed E-state index contributed by atoms with van der Waals surface area (Å²) in [5.74, 6) is 0. The molecule has 0 bridgehead atoms. The Bertz CT molecular complexity index is 1380. The zero-order valence-corrected chi connectivity index (χ0v) is 21.3. The van der Waals surface area contributed by atoms with E-state index in [1.165, 1.54) is 11.1 Å². The van der Waals surface area contributed by atoms with E-state index in [4.69, 9.17) is 23.8 Å². The van der Waals surface area contributed by atoms with Crippen molar-refractivity contribution in [2.75, 3.05) is 4.90 Å². The fraction of sp³-hybridized carbons (Fsp3) is 0.214. The first kappa shape index (κ1) is 22.6. The molecule has 1 N–H and O–H groups in total. The minimum absolute atomic E-state index is 0.0522. The van der Waals surface area contributed by atoms with Crippen molar-refractivity contribution in [1.29, 1.82) is 0 Å². The van der Waals surface area contributed by atoms with Gasteiger partial charge < -0.3 is 14.8 Å². The average Bonchev–Trinajstić information content (AvgIpc) is 3.32. The summed E-state index contributed by atoms with van der Waals surface area (Å²) in [6.45, 7) is 8.49. The van der Waals surface area contributed by atoms with Crippen molar-refractivity contribution in [2.24, 2.45) is 0 Å². The highest BCUT2D eigenvalue weighted by atomic mass is 35.5. The standard InChI is InChI=1S/C28H27ClN4S/c1-17-9-7-10-21(15-17)33-27(26(31-28(33)34)24-12-5-6-14-30-24)22-16-18(2)32(20(22)4)25-13-8-11-23(29)19(25)3/h5-16,26-27H,1-4H3,(H,31,34)/t26-,27-/m0/s1. The second kappa shape index (κ2) is 8.90. The van der Waals surface area contributed by atoms with Gasteiger partial charge in [-0.25, -0.2) is 0 Å². The smallest absolute Gasteiger partial charge is 0.174 e. The molecule has 1 aliphatic rings. The molecule has 4 aromatic rings. The summed E-state index contributed by atoms with van der Waals surface area (Å²) in [7, 11) is 0. The molecule has 5 rings (SSSR count). The minimum atomic E-state index is -0.0800. The van der Waals surface area contributed by atoms with E-state index < -0.39 is 0 Å². The number of anilines is 1. The first-order valence-corrected chi connectivity index (χ1v) is 12.2. The first-order valence-electron chi connectivity index (χ1n) is 11.4. The summed E-state index contributed by atoms with van der Waals surface area (Å²) < 4.78 is 2.29. The lowest BCUT2D eigenvalue weighted by Gasteiger charge is -2.28. The van der Waals surface area contributed by atoms with Gasteiger partial charge in [0.2, 0.25) is 0 Å². The van der Waals surface area contributed by atoms with Crippen molar-refractivity contribution in [3.05, 3.63) is 112 Å². The van der Waals surface area contributed by atoms with Crippen molar-refractivity contribution < 1.29 is 0 Å². The number of pyridine rings is 1. The lowest BCUT2D eigenvalue weighted by Crippen LogP contribution is -2.29. The Morgan fingerprint density at radius 1 is 0.941 bits per heavy atom. The zero-order chi connectivity index (χ0) is 24.0. The molecule has 2 atom stereocenters. The van der Waals surface area contributed by atoms with E-state index in [1.54, 1.807) is 0 Å². The molecule has 2 aromatic heterocycles. The second-order valence-corrected chi connectivity index (χ2v) is 9.68. The quantitative estimate of drug-likeness (QED) is 0.317. The van der Waals surface area contributed by atoms with Gasteiger partial charge in [-0.3, -0.25) is 4.98 Å². The van der Waals surface area contributed by atoms with E-state index in [0.29, 0.717) is 5.11 Å². The molecule has 0 radical (unpaired) electrons. The molecular weight excluding hydrogens is 460 g/mol. The molecule has 34 heavy (non-hydrogen) atoms. The van der Waals surface area contributed by atoms with Gasteiger partial charge in [0.15, 0.2) is 5.11 Å². The highest BCUT2D eigenvalue weighted by molar-refractivity contribution is 7.80. The summed E-state index contributed by atoms with van der Waals surface area (Å²) in [6, 6.07) is 22.7. The maximum Gasteiger partial charge on any atom is 0.174 e. The zero-order valence-electron chi connectivity index (χ0n) is 19.7. The lowest BCUT2D eigenvalue weighted by molar-refractivity contribution is 0.565. The third kappa shape index (κ3) is 3.79. The fourth-order valence-electron chi connectivity index (χ4n) is 5.02. The van der Waals surface area contributed by atoms with Crippen LogP contribution in [0.25, 0.3) is 5.69 Å². The number of aryl methyl sites for hydroxylation is 2. The van der Waals surface area contributed by atoms with Crippen LogP contribution in [0.2, 0.25) is 5.02 Å². The van der Waals surface area contributed by atoms with E-state index in [0.717, 1.165) is 39.0 Å². The number of benzene rings is 2. The van der Waals surface area contributed by atoms with E-state index in [-0.39, 0.29) is 12.1 Å². The predicted molar refractivity (Wildman–Crippen MR) is 144 cm³/mol. The Balaban J connectivity index is 1.71. The monoisotopic (exact) mass is 486 g/mol. The predicted octanol–water partition coefficient (Wildman–Crippen LogP) is 6.94. The fourth-order valence-corrected chi connectivity index (χ4v) is 5.54. The normalized spacial score (nSPS) is 17.8. The van der Waals surface area contributed by atoms with Crippen molar-refractivity contribution in [3.63, 3.8) is 0 Å². The lowest BCUT2D eigenvalue weighted by atomic mass is 9.96. The van der Waals surface area contributed by atoms with Gasteiger partial charge in [-0.05, 0) is 99.1 Å². The van der Waals surface area contributed by atoms with Crippen LogP contribution >= 0.6 is 23.8 Å². The largest absolute Gasteiger partial charge is 0.351 e. The molecular formula is C28H27ClN4S. The highest BCUT2D eigenvalue weighted by Gasteiger charge is 2.42. The molecule has 0 spiro atoms. The van der Waals surface area contributed by atoms with E-state index in [2.05, 4.69) is 89.9 Å². The number of nitrogens with one attached hydrogen (secondary N) is 1. The number of halogens is 1. The van der Waals surface area contributed by atoms with Crippen LogP contribution in [-0.2, 0) is 0 Å². The number of thiocarbonyl (C=S) groups is 1. The minimum Gasteiger partial charge on any atom is -0.351 e. The molecule has 0 saturated carbocycles. The van der Waals surface area contributed by atoms with Crippen molar-refractivity contribution in [1.82, 2.24) is 14.9 Å². The van der Waals surface area contributed by atoms with Gasteiger partial charge in [0, 0.05) is 34.0 Å². The van der Waals surface area contributed by atoms with E-state index in [1.807, 2.05) is 30.5 Å². The van der Waals surface area contributed by atoms with Gasteiger partial charge in [0.05, 0.1) is 17.8 Å². The molecule has 6 heteroatoms. The van der Waals surface area contributed by atoms with Crippen LogP contribution in [0.4, 0.5) is 5.69 Å². The third-order valence-corrected chi connectivity index (χ3v) is 7.37. The summed E-state index contributed by atoms with van der Waals surface area (Å²) >= 11 is 12.4. The van der Waals surface area contributed by atoms with Crippen LogP contribution in [0, 0.1) is 27.7 Å². The molecule has 2 aromatic carbocycles. The van der Waals surface area contributed by atoms with Gasteiger partial charge in [0.1, 0.15) is 0 Å². The van der Waals surface area contributed by atoms with Crippen LogP contribution in [0.3, 0.4) is 0 Å². The maximum absolute atomic E-state index is 6.49. The molecule has 172 valence electrons. The highest BCUT2D eigenvalue weighted by Crippen LogP contribution is 2.44. The molecule has 0 aliphatic carbocycles. The van der Waals surface area contributed by atoms with Crippen LogP contribution in [0.15, 0.2) is 72.9 Å². The second-order valence-electron chi connectivity index (χ2n) is 8.88. The Hall–Kier alpha value is -3.15. The van der Waals surface area contributed by atoms with Crippen LogP contribution < -0.4 is 10.2 Å². The molecule has 1 aliphatic heterocycles. The number of aromatic nitrogens is 2. The molecule has 0 amide bonds. The average molecular weight is 487 g/mol. The van der Waals surface area contributed by atoms with Gasteiger partial charge in [-0.2, -0.15) is 0 Å². The number of nitrogens with zero attached hydrogens (tertiary/aromatic N) is 3.